The molecule has 0 radical (unpaired) electrons. The predicted molar refractivity (Wildman–Crippen MR) is 76.4 cm³/mol. The second kappa shape index (κ2) is 5.21. The van der Waals surface area contributed by atoms with Crippen molar-refractivity contribution in [1.82, 2.24) is 5.32 Å². The molecule has 0 aliphatic carbocycles. The van der Waals surface area contributed by atoms with E-state index in [9.17, 15) is 4.79 Å². The molecule has 0 bridgehead atoms. The van der Waals surface area contributed by atoms with E-state index in [1.807, 2.05) is 17.5 Å². The van der Waals surface area contributed by atoms with Gasteiger partial charge in [0.1, 0.15) is 0 Å². The van der Waals surface area contributed by atoms with Crippen LogP contribution in [0.5, 0.6) is 0 Å². The highest BCUT2D eigenvalue weighted by Crippen LogP contribution is 2.28. The summed E-state index contributed by atoms with van der Waals surface area (Å²) in [5.74, 6) is 0.825. The van der Waals surface area contributed by atoms with E-state index in [4.69, 9.17) is 0 Å². The van der Waals surface area contributed by atoms with Gasteiger partial charge in [0.05, 0.1) is 0 Å². The van der Waals surface area contributed by atoms with E-state index in [2.05, 4.69) is 17.4 Å². The summed E-state index contributed by atoms with van der Waals surface area (Å²) in [6, 6.07) is 8.17. The number of fused-ring (bicyclic) bond motifs is 1. The van der Waals surface area contributed by atoms with Crippen molar-refractivity contribution in [3.05, 3.63) is 35.2 Å². The number of carbonyl (C=O) groups excluding carboxylic acids is 1. The van der Waals surface area contributed by atoms with Gasteiger partial charge in [-0.15, -0.1) is 11.3 Å². The fraction of sp³-hybridized carbons (Fsp3) is 0.400. The van der Waals surface area contributed by atoms with Crippen LogP contribution in [0.4, 0.5) is 0 Å². The second-order valence-electron chi connectivity index (χ2n) is 4.99. The van der Waals surface area contributed by atoms with Crippen molar-refractivity contribution in [2.24, 2.45) is 5.92 Å². The average molecular weight is 259 g/mol. The summed E-state index contributed by atoms with van der Waals surface area (Å²) in [4.78, 5) is 12.4. The molecular weight excluding hydrogens is 242 g/mol. The van der Waals surface area contributed by atoms with Crippen molar-refractivity contribution < 1.29 is 4.79 Å². The predicted octanol–water partition coefficient (Wildman–Crippen LogP) is 3.47. The molecule has 0 saturated carbocycles. The molecule has 1 fully saturated rings. The first-order valence-corrected chi connectivity index (χ1v) is 7.43. The third-order valence-electron chi connectivity index (χ3n) is 3.65. The van der Waals surface area contributed by atoms with Gasteiger partial charge in [-0.05, 0) is 37.9 Å². The molecule has 2 aromatic rings. The zero-order chi connectivity index (χ0) is 12.4. The lowest BCUT2D eigenvalue weighted by atomic mass is 9.92. The van der Waals surface area contributed by atoms with Crippen molar-refractivity contribution in [2.45, 2.75) is 19.3 Å². The van der Waals surface area contributed by atoms with Gasteiger partial charge in [-0.2, -0.15) is 0 Å². The quantitative estimate of drug-likeness (QED) is 0.855. The van der Waals surface area contributed by atoms with Gasteiger partial charge >= 0.3 is 0 Å². The van der Waals surface area contributed by atoms with E-state index in [0.29, 0.717) is 18.1 Å². The van der Waals surface area contributed by atoms with Gasteiger partial charge in [0.2, 0.25) is 0 Å². The molecule has 0 amide bonds. The monoisotopic (exact) mass is 259 g/mol. The SMILES string of the molecule is O=C(CC1CCCNC1)c1csc2ccccc12. The summed E-state index contributed by atoms with van der Waals surface area (Å²) in [6.45, 7) is 2.10. The van der Waals surface area contributed by atoms with Gasteiger partial charge in [0.25, 0.3) is 0 Å². The van der Waals surface area contributed by atoms with Crippen LogP contribution in [0.3, 0.4) is 0 Å². The summed E-state index contributed by atoms with van der Waals surface area (Å²) < 4.78 is 1.21. The third kappa shape index (κ3) is 2.33. The van der Waals surface area contributed by atoms with Gasteiger partial charge < -0.3 is 5.32 Å². The molecule has 1 aliphatic rings. The Labute approximate surface area is 111 Å². The Balaban J connectivity index is 1.79. The van der Waals surface area contributed by atoms with Crippen LogP contribution < -0.4 is 5.32 Å². The molecule has 2 nitrogen and oxygen atoms in total. The molecule has 1 aromatic carbocycles. The smallest absolute Gasteiger partial charge is 0.164 e. The highest BCUT2D eigenvalue weighted by atomic mass is 32.1. The fourth-order valence-corrected chi connectivity index (χ4v) is 3.63. The number of nitrogens with one attached hydrogen (secondary N) is 1. The lowest BCUT2D eigenvalue weighted by molar-refractivity contribution is 0.0956. The molecule has 94 valence electrons. The first-order valence-electron chi connectivity index (χ1n) is 6.55. The van der Waals surface area contributed by atoms with Gasteiger partial charge in [0, 0.05) is 27.5 Å². The molecule has 1 unspecified atom stereocenters. The number of Topliss-reactive ketones (excluding diaryl/α,β-unsaturated/α-hetero) is 1. The maximum atomic E-state index is 12.4. The van der Waals surface area contributed by atoms with Crippen molar-refractivity contribution >= 4 is 27.2 Å². The van der Waals surface area contributed by atoms with Crippen LogP contribution in [-0.4, -0.2) is 18.9 Å². The molecule has 18 heavy (non-hydrogen) atoms. The van der Waals surface area contributed by atoms with Crippen LogP contribution in [0.2, 0.25) is 0 Å². The molecular formula is C15H17NOS. The van der Waals surface area contributed by atoms with Crippen LogP contribution in [0.1, 0.15) is 29.6 Å². The standard InChI is InChI=1S/C15H17NOS/c17-14(8-11-4-3-7-16-9-11)13-10-18-15-6-2-1-5-12(13)15/h1-2,5-6,10-11,16H,3-4,7-9H2. The summed E-state index contributed by atoms with van der Waals surface area (Å²) >= 11 is 1.67. The number of ketones is 1. The number of piperidine rings is 1. The van der Waals surface area contributed by atoms with E-state index in [0.717, 1.165) is 24.0 Å². The highest BCUT2D eigenvalue weighted by Gasteiger charge is 2.19. The first-order chi connectivity index (χ1) is 8.84. The van der Waals surface area contributed by atoms with E-state index in [-0.39, 0.29) is 0 Å². The van der Waals surface area contributed by atoms with Crippen LogP contribution in [0, 0.1) is 5.92 Å². The molecule has 1 aromatic heterocycles. The number of benzene rings is 1. The van der Waals surface area contributed by atoms with Gasteiger partial charge in [-0.3, -0.25) is 4.79 Å². The normalized spacial score (nSPS) is 20.1. The largest absolute Gasteiger partial charge is 0.316 e. The Morgan fingerprint density at radius 3 is 3.11 bits per heavy atom. The average Bonchev–Trinajstić information content (AvgIpc) is 2.84. The van der Waals surface area contributed by atoms with Gasteiger partial charge in [-0.1, -0.05) is 18.2 Å². The summed E-state index contributed by atoms with van der Waals surface area (Å²) in [5.41, 5.74) is 0.918. The molecule has 3 rings (SSSR count). The number of rotatable bonds is 3. The van der Waals surface area contributed by atoms with Crippen molar-refractivity contribution in [3.8, 4) is 0 Å². The minimum Gasteiger partial charge on any atom is -0.316 e. The highest BCUT2D eigenvalue weighted by molar-refractivity contribution is 7.17. The topological polar surface area (TPSA) is 29.1 Å². The third-order valence-corrected chi connectivity index (χ3v) is 4.62. The second-order valence-corrected chi connectivity index (χ2v) is 5.90. The molecule has 1 aliphatic heterocycles. The Bertz CT molecular complexity index is 554. The van der Waals surface area contributed by atoms with Crippen molar-refractivity contribution in [2.75, 3.05) is 13.1 Å². The van der Waals surface area contributed by atoms with Crippen molar-refractivity contribution in [3.63, 3.8) is 0 Å². The minimum atomic E-state index is 0.307. The lowest BCUT2D eigenvalue weighted by Crippen LogP contribution is -2.31. The number of thiophene rings is 1. The van der Waals surface area contributed by atoms with E-state index in [1.54, 1.807) is 11.3 Å². The van der Waals surface area contributed by atoms with Crippen LogP contribution in [0.15, 0.2) is 29.6 Å². The van der Waals surface area contributed by atoms with Crippen LogP contribution in [0.25, 0.3) is 10.1 Å². The van der Waals surface area contributed by atoms with Crippen LogP contribution in [-0.2, 0) is 0 Å². The first kappa shape index (κ1) is 11.9. The van der Waals surface area contributed by atoms with Gasteiger partial charge in [0.15, 0.2) is 5.78 Å². The van der Waals surface area contributed by atoms with E-state index >= 15 is 0 Å². The Hall–Kier alpha value is -1.19. The maximum Gasteiger partial charge on any atom is 0.164 e. The Morgan fingerprint density at radius 1 is 1.39 bits per heavy atom. The molecule has 1 saturated heterocycles. The van der Waals surface area contributed by atoms with E-state index < -0.39 is 0 Å². The maximum absolute atomic E-state index is 12.4. The summed E-state index contributed by atoms with van der Waals surface area (Å²) in [7, 11) is 0. The minimum absolute atomic E-state index is 0.307. The van der Waals surface area contributed by atoms with Crippen molar-refractivity contribution in [1.29, 1.82) is 0 Å². The van der Waals surface area contributed by atoms with Crippen LogP contribution >= 0.6 is 11.3 Å². The number of hydrogen-bond donors (Lipinski definition) is 1. The molecule has 1 atom stereocenters. The molecule has 0 spiro atoms. The molecule has 1 N–H and O–H groups in total. The lowest BCUT2D eigenvalue weighted by Gasteiger charge is -2.21. The van der Waals surface area contributed by atoms with E-state index in [1.165, 1.54) is 17.5 Å². The summed E-state index contributed by atoms with van der Waals surface area (Å²) in [5, 5.41) is 6.51. The Morgan fingerprint density at radius 2 is 2.28 bits per heavy atom. The van der Waals surface area contributed by atoms with Gasteiger partial charge in [-0.25, -0.2) is 0 Å². The zero-order valence-electron chi connectivity index (χ0n) is 10.3. The molecule has 3 heteroatoms. The molecule has 2 heterocycles. The Kier molecular flexibility index (Phi) is 3.43. The number of carbonyl (C=O) groups is 1. The fourth-order valence-electron chi connectivity index (χ4n) is 2.66. The number of hydrogen-bond acceptors (Lipinski definition) is 3. The summed E-state index contributed by atoms with van der Waals surface area (Å²) in [6.07, 6.45) is 3.07. The zero-order valence-corrected chi connectivity index (χ0v) is 11.1.